The van der Waals surface area contributed by atoms with E-state index < -0.39 is 0 Å². The Morgan fingerprint density at radius 3 is 2.43 bits per heavy atom. The highest BCUT2D eigenvalue weighted by Gasteiger charge is 2.23. The van der Waals surface area contributed by atoms with Gasteiger partial charge in [0.05, 0.1) is 11.4 Å². The molecule has 6 heteroatoms. The summed E-state index contributed by atoms with van der Waals surface area (Å²) in [6.07, 6.45) is 3.25. The van der Waals surface area contributed by atoms with Gasteiger partial charge in [0.15, 0.2) is 5.69 Å². The first-order chi connectivity index (χ1) is 10.1. The van der Waals surface area contributed by atoms with E-state index in [4.69, 9.17) is 0 Å². The second-order valence-corrected chi connectivity index (χ2v) is 5.25. The van der Waals surface area contributed by atoms with Crippen molar-refractivity contribution < 1.29 is 9.18 Å². The summed E-state index contributed by atoms with van der Waals surface area (Å²) in [7, 11) is 0. The summed E-state index contributed by atoms with van der Waals surface area (Å²) in [5.74, 6) is -0.382. The van der Waals surface area contributed by atoms with Crippen LogP contribution in [0.5, 0.6) is 0 Å². The summed E-state index contributed by atoms with van der Waals surface area (Å²) in [6, 6.07) is 5.87. The zero-order valence-electron chi connectivity index (χ0n) is 11.9. The first-order valence-electron chi connectivity index (χ1n) is 7.14. The average Bonchev–Trinajstić information content (AvgIpc) is 2.90. The molecule has 1 fully saturated rings. The SMILES string of the molecule is Cc1nn(-c2ccc(F)cc2)nc1C(=O)N1CCCCC1. The van der Waals surface area contributed by atoms with Gasteiger partial charge in [-0.2, -0.15) is 9.90 Å². The summed E-state index contributed by atoms with van der Waals surface area (Å²) in [6.45, 7) is 3.33. The average molecular weight is 288 g/mol. The Balaban J connectivity index is 1.87. The Kier molecular flexibility index (Phi) is 3.68. The van der Waals surface area contributed by atoms with Gasteiger partial charge in [0, 0.05) is 13.1 Å². The molecule has 0 N–H and O–H groups in total. The maximum atomic E-state index is 12.9. The number of hydrogen-bond donors (Lipinski definition) is 0. The summed E-state index contributed by atoms with van der Waals surface area (Å²) < 4.78 is 12.9. The summed E-state index contributed by atoms with van der Waals surface area (Å²) >= 11 is 0. The highest BCUT2D eigenvalue weighted by Crippen LogP contribution is 2.15. The number of hydrogen-bond acceptors (Lipinski definition) is 3. The number of amides is 1. The fourth-order valence-electron chi connectivity index (χ4n) is 2.51. The van der Waals surface area contributed by atoms with E-state index in [1.54, 1.807) is 19.1 Å². The number of halogens is 1. The quantitative estimate of drug-likeness (QED) is 0.852. The second-order valence-electron chi connectivity index (χ2n) is 5.25. The third kappa shape index (κ3) is 2.79. The minimum atomic E-state index is -0.313. The molecule has 0 radical (unpaired) electrons. The van der Waals surface area contributed by atoms with Crippen molar-refractivity contribution in [3.05, 3.63) is 41.5 Å². The summed E-state index contributed by atoms with van der Waals surface area (Å²) in [4.78, 5) is 15.7. The fraction of sp³-hybridized carbons (Fsp3) is 0.400. The smallest absolute Gasteiger partial charge is 0.276 e. The molecule has 0 spiro atoms. The lowest BCUT2D eigenvalue weighted by Gasteiger charge is -2.25. The number of carbonyl (C=O) groups is 1. The van der Waals surface area contributed by atoms with E-state index >= 15 is 0 Å². The Labute approximate surface area is 122 Å². The van der Waals surface area contributed by atoms with E-state index in [1.807, 2.05) is 4.90 Å². The van der Waals surface area contributed by atoms with Crippen LogP contribution in [-0.4, -0.2) is 38.9 Å². The number of piperidine rings is 1. The Morgan fingerprint density at radius 2 is 1.76 bits per heavy atom. The molecule has 1 aromatic carbocycles. The Hall–Kier alpha value is -2.24. The topological polar surface area (TPSA) is 51.0 Å². The molecule has 2 aromatic rings. The van der Waals surface area contributed by atoms with Crippen LogP contribution in [-0.2, 0) is 0 Å². The van der Waals surface area contributed by atoms with Gasteiger partial charge < -0.3 is 4.90 Å². The molecule has 3 rings (SSSR count). The summed E-state index contributed by atoms with van der Waals surface area (Å²) in [5, 5.41) is 8.54. The van der Waals surface area contributed by atoms with E-state index in [0.29, 0.717) is 17.1 Å². The van der Waals surface area contributed by atoms with Gasteiger partial charge in [0.25, 0.3) is 5.91 Å². The van der Waals surface area contributed by atoms with Gasteiger partial charge in [-0.05, 0) is 50.5 Å². The zero-order chi connectivity index (χ0) is 14.8. The molecule has 1 aliphatic rings. The molecule has 1 aromatic heterocycles. The molecule has 2 heterocycles. The van der Waals surface area contributed by atoms with Gasteiger partial charge >= 0.3 is 0 Å². The predicted octanol–water partition coefficient (Wildman–Crippen LogP) is 2.34. The predicted molar refractivity (Wildman–Crippen MR) is 75.8 cm³/mol. The van der Waals surface area contributed by atoms with Crippen molar-refractivity contribution in [2.24, 2.45) is 0 Å². The molecule has 0 unspecified atom stereocenters. The fourth-order valence-corrected chi connectivity index (χ4v) is 2.51. The molecule has 1 aliphatic heterocycles. The Bertz CT molecular complexity index is 644. The molecule has 0 aliphatic carbocycles. The van der Waals surface area contributed by atoms with Gasteiger partial charge in [-0.3, -0.25) is 4.79 Å². The van der Waals surface area contributed by atoms with Gasteiger partial charge in [-0.1, -0.05) is 0 Å². The van der Waals surface area contributed by atoms with E-state index in [1.165, 1.54) is 23.4 Å². The van der Waals surface area contributed by atoms with Crippen molar-refractivity contribution in [3.63, 3.8) is 0 Å². The standard InChI is InChI=1S/C15H17FN4O/c1-11-14(15(21)19-9-3-2-4-10-19)18-20(17-11)13-7-5-12(16)6-8-13/h5-8H,2-4,9-10H2,1H3. The van der Waals surface area contributed by atoms with Crippen LogP contribution in [0.1, 0.15) is 35.4 Å². The highest BCUT2D eigenvalue weighted by molar-refractivity contribution is 5.93. The molecule has 1 saturated heterocycles. The molecule has 5 nitrogen and oxygen atoms in total. The van der Waals surface area contributed by atoms with Crippen LogP contribution < -0.4 is 0 Å². The van der Waals surface area contributed by atoms with Crippen LogP contribution in [0.2, 0.25) is 0 Å². The number of carbonyl (C=O) groups excluding carboxylic acids is 1. The zero-order valence-corrected chi connectivity index (χ0v) is 11.9. The Morgan fingerprint density at radius 1 is 1.10 bits per heavy atom. The third-order valence-corrected chi connectivity index (χ3v) is 3.69. The lowest BCUT2D eigenvalue weighted by molar-refractivity contribution is 0.0717. The molecule has 1 amide bonds. The van der Waals surface area contributed by atoms with Crippen molar-refractivity contribution in [3.8, 4) is 5.69 Å². The molecule has 0 atom stereocenters. The highest BCUT2D eigenvalue weighted by atomic mass is 19.1. The van der Waals surface area contributed by atoms with Gasteiger partial charge in [-0.15, -0.1) is 5.10 Å². The maximum Gasteiger partial charge on any atom is 0.276 e. The van der Waals surface area contributed by atoms with Crippen molar-refractivity contribution in [1.29, 1.82) is 0 Å². The van der Waals surface area contributed by atoms with Crippen LogP contribution in [0.4, 0.5) is 4.39 Å². The number of aromatic nitrogens is 3. The minimum absolute atomic E-state index is 0.0689. The molecule has 0 bridgehead atoms. The first-order valence-corrected chi connectivity index (χ1v) is 7.14. The number of rotatable bonds is 2. The normalized spacial score (nSPS) is 15.2. The van der Waals surface area contributed by atoms with Gasteiger partial charge in [-0.25, -0.2) is 4.39 Å². The van der Waals surface area contributed by atoms with Gasteiger partial charge in [0.1, 0.15) is 5.82 Å². The molecule has 0 saturated carbocycles. The van der Waals surface area contributed by atoms with E-state index in [-0.39, 0.29) is 11.7 Å². The molecular formula is C15H17FN4O. The van der Waals surface area contributed by atoms with E-state index in [9.17, 15) is 9.18 Å². The molecular weight excluding hydrogens is 271 g/mol. The number of aryl methyl sites for hydroxylation is 1. The van der Waals surface area contributed by atoms with Crippen LogP contribution >= 0.6 is 0 Å². The maximum absolute atomic E-state index is 12.9. The van der Waals surface area contributed by atoms with Crippen LogP contribution in [0, 0.1) is 12.7 Å². The molecule has 110 valence electrons. The first kappa shape index (κ1) is 13.7. The minimum Gasteiger partial charge on any atom is -0.337 e. The number of likely N-dealkylation sites (tertiary alicyclic amines) is 1. The van der Waals surface area contributed by atoms with Crippen LogP contribution in [0.3, 0.4) is 0 Å². The van der Waals surface area contributed by atoms with Crippen molar-refractivity contribution in [2.45, 2.75) is 26.2 Å². The largest absolute Gasteiger partial charge is 0.337 e. The number of benzene rings is 1. The number of nitrogens with zero attached hydrogens (tertiary/aromatic N) is 4. The van der Waals surface area contributed by atoms with Crippen LogP contribution in [0.15, 0.2) is 24.3 Å². The lowest BCUT2D eigenvalue weighted by atomic mass is 10.1. The van der Waals surface area contributed by atoms with Crippen molar-refractivity contribution >= 4 is 5.91 Å². The second kappa shape index (κ2) is 5.63. The van der Waals surface area contributed by atoms with Crippen molar-refractivity contribution in [2.75, 3.05) is 13.1 Å². The van der Waals surface area contributed by atoms with Gasteiger partial charge in [0.2, 0.25) is 0 Å². The lowest BCUT2D eigenvalue weighted by Crippen LogP contribution is -2.36. The van der Waals surface area contributed by atoms with Crippen molar-refractivity contribution in [1.82, 2.24) is 19.9 Å². The summed E-state index contributed by atoms with van der Waals surface area (Å²) in [5.41, 5.74) is 1.60. The van der Waals surface area contributed by atoms with Crippen LogP contribution in [0.25, 0.3) is 5.69 Å². The van der Waals surface area contributed by atoms with E-state index in [0.717, 1.165) is 25.9 Å². The third-order valence-electron chi connectivity index (χ3n) is 3.69. The molecule has 21 heavy (non-hydrogen) atoms. The monoisotopic (exact) mass is 288 g/mol. The van der Waals surface area contributed by atoms with E-state index in [2.05, 4.69) is 10.2 Å².